The lowest BCUT2D eigenvalue weighted by atomic mass is 10.2. The third-order valence-corrected chi connectivity index (χ3v) is 5.17. The molecule has 2 rings (SSSR count). The van der Waals surface area contributed by atoms with Crippen molar-refractivity contribution in [2.45, 2.75) is 11.8 Å². The number of halogens is 1. The molecule has 0 aliphatic rings. The summed E-state index contributed by atoms with van der Waals surface area (Å²) < 4.78 is 45.7. The summed E-state index contributed by atoms with van der Waals surface area (Å²) in [5, 5.41) is 0. The lowest BCUT2D eigenvalue weighted by Gasteiger charge is -2.25. The minimum atomic E-state index is -3.92. The molecule has 2 aromatic rings. The first-order valence-corrected chi connectivity index (χ1v) is 8.38. The monoisotopic (exact) mass is 335 g/mol. The maximum Gasteiger partial charge on any atom is 0.264 e. The number of ether oxygens (including phenoxy) is 1. The molecule has 0 saturated carbocycles. The van der Waals surface area contributed by atoms with Crippen LogP contribution in [0.4, 0.5) is 10.1 Å². The Morgan fingerprint density at radius 1 is 1.26 bits per heavy atom. The van der Waals surface area contributed by atoms with Crippen LogP contribution in [0.15, 0.2) is 60.0 Å². The standard InChI is InChI=1S/C17H18FNO3S/c1-4-11-19(16-8-6-5-7-13(16)2)23(20,21)14-9-10-17(22-3)15(18)12-14/h4-10,12H,1,11H2,2-3H3. The Bertz CT molecular complexity index is 818. The number of rotatable bonds is 6. The molecule has 0 bridgehead atoms. The van der Waals surface area contributed by atoms with E-state index >= 15 is 0 Å². The van der Waals surface area contributed by atoms with Crippen molar-refractivity contribution in [2.75, 3.05) is 18.0 Å². The van der Waals surface area contributed by atoms with E-state index in [-0.39, 0.29) is 17.2 Å². The van der Waals surface area contributed by atoms with Gasteiger partial charge in [0.05, 0.1) is 24.2 Å². The van der Waals surface area contributed by atoms with Gasteiger partial charge in [0, 0.05) is 0 Å². The number of aryl methyl sites for hydroxylation is 1. The van der Waals surface area contributed by atoms with Gasteiger partial charge in [-0.25, -0.2) is 12.8 Å². The molecule has 0 fully saturated rings. The van der Waals surface area contributed by atoms with Crippen LogP contribution in [0, 0.1) is 12.7 Å². The van der Waals surface area contributed by atoms with E-state index in [2.05, 4.69) is 6.58 Å². The Morgan fingerprint density at radius 2 is 1.96 bits per heavy atom. The van der Waals surface area contributed by atoms with Crippen molar-refractivity contribution in [2.24, 2.45) is 0 Å². The van der Waals surface area contributed by atoms with Gasteiger partial charge in [0.25, 0.3) is 10.0 Å². The average molecular weight is 335 g/mol. The zero-order chi connectivity index (χ0) is 17.0. The Balaban J connectivity index is 2.56. The lowest BCUT2D eigenvalue weighted by Crippen LogP contribution is -2.31. The fourth-order valence-electron chi connectivity index (χ4n) is 2.22. The number of nitrogens with zero attached hydrogens (tertiary/aromatic N) is 1. The van der Waals surface area contributed by atoms with Crippen molar-refractivity contribution in [3.05, 3.63) is 66.5 Å². The highest BCUT2D eigenvalue weighted by Gasteiger charge is 2.26. The van der Waals surface area contributed by atoms with Crippen molar-refractivity contribution in [1.82, 2.24) is 0 Å². The van der Waals surface area contributed by atoms with Crippen LogP contribution in [0.1, 0.15) is 5.56 Å². The van der Waals surface area contributed by atoms with Crippen LogP contribution in [0.25, 0.3) is 0 Å². The summed E-state index contributed by atoms with van der Waals surface area (Å²) in [6.07, 6.45) is 1.49. The van der Waals surface area contributed by atoms with Crippen LogP contribution in [0.5, 0.6) is 5.75 Å². The smallest absolute Gasteiger partial charge is 0.264 e. The van der Waals surface area contributed by atoms with Crippen LogP contribution < -0.4 is 9.04 Å². The third-order valence-electron chi connectivity index (χ3n) is 3.39. The summed E-state index contributed by atoms with van der Waals surface area (Å²) in [6.45, 7) is 5.51. The van der Waals surface area contributed by atoms with Crippen molar-refractivity contribution >= 4 is 15.7 Å². The van der Waals surface area contributed by atoms with Crippen molar-refractivity contribution in [3.8, 4) is 5.75 Å². The number of benzene rings is 2. The molecule has 0 aliphatic carbocycles. The Hall–Kier alpha value is -2.34. The van der Waals surface area contributed by atoms with E-state index in [1.807, 2.05) is 19.1 Å². The molecule has 2 aromatic carbocycles. The van der Waals surface area contributed by atoms with Gasteiger partial charge >= 0.3 is 0 Å². The minimum absolute atomic E-state index is 0.00453. The van der Waals surface area contributed by atoms with E-state index in [9.17, 15) is 12.8 Å². The van der Waals surface area contributed by atoms with Crippen molar-refractivity contribution < 1.29 is 17.5 Å². The topological polar surface area (TPSA) is 46.6 Å². The highest BCUT2D eigenvalue weighted by atomic mass is 32.2. The molecule has 122 valence electrons. The average Bonchev–Trinajstić information content (AvgIpc) is 2.53. The molecule has 0 atom stereocenters. The molecule has 0 unspecified atom stereocenters. The number of hydrogen-bond donors (Lipinski definition) is 0. The van der Waals surface area contributed by atoms with E-state index in [1.165, 1.54) is 29.6 Å². The second kappa shape index (κ2) is 6.83. The molecule has 0 saturated heterocycles. The van der Waals surface area contributed by atoms with Crippen LogP contribution in [-0.2, 0) is 10.0 Å². The van der Waals surface area contributed by atoms with Gasteiger partial charge in [0.15, 0.2) is 11.6 Å². The Kier molecular flexibility index (Phi) is 5.05. The zero-order valence-electron chi connectivity index (χ0n) is 13.0. The molecule has 0 amide bonds. The van der Waals surface area contributed by atoms with E-state index < -0.39 is 15.8 Å². The SMILES string of the molecule is C=CCN(c1ccccc1C)S(=O)(=O)c1ccc(OC)c(F)c1. The second-order valence-electron chi connectivity index (χ2n) is 4.91. The summed E-state index contributed by atoms with van der Waals surface area (Å²) >= 11 is 0. The molecule has 0 N–H and O–H groups in total. The quantitative estimate of drug-likeness (QED) is 0.759. The van der Waals surface area contributed by atoms with Gasteiger partial charge in [0.2, 0.25) is 0 Å². The first-order valence-electron chi connectivity index (χ1n) is 6.94. The molecule has 0 radical (unpaired) electrons. The van der Waals surface area contributed by atoms with E-state index in [4.69, 9.17) is 4.74 Å². The Morgan fingerprint density at radius 3 is 2.52 bits per heavy atom. The summed E-state index contributed by atoms with van der Waals surface area (Å²) in [4.78, 5) is -0.138. The van der Waals surface area contributed by atoms with Crippen molar-refractivity contribution in [1.29, 1.82) is 0 Å². The van der Waals surface area contributed by atoms with Crippen LogP contribution >= 0.6 is 0 Å². The van der Waals surface area contributed by atoms with Crippen LogP contribution in [0.3, 0.4) is 0 Å². The van der Waals surface area contributed by atoms with Crippen LogP contribution in [-0.4, -0.2) is 22.1 Å². The van der Waals surface area contributed by atoms with Gasteiger partial charge in [-0.2, -0.15) is 0 Å². The van der Waals surface area contributed by atoms with E-state index in [0.717, 1.165) is 11.6 Å². The summed E-state index contributed by atoms with van der Waals surface area (Å²) in [5.74, 6) is -0.730. The molecule has 0 aliphatic heterocycles. The molecule has 0 heterocycles. The molecule has 0 aromatic heterocycles. The fourth-order valence-corrected chi connectivity index (χ4v) is 3.73. The van der Waals surface area contributed by atoms with Gasteiger partial charge in [-0.3, -0.25) is 4.31 Å². The summed E-state index contributed by atoms with van der Waals surface area (Å²) in [6, 6.07) is 10.7. The van der Waals surface area contributed by atoms with E-state index in [0.29, 0.717) is 5.69 Å². The second-order valence-corrected chi connectivity index (χ2v) is 6.77. The largest absolute Gasteiger partial charge is 0.494 e. The highest BCUT2D eigenvalue weighted by molar-refractivity contribution is 7.92. The van der Waals surface area contributed by atoms with E-state index in [1.54, 1.807) is 12.1 Å². The Labute approximate surface area is 135 Å². The van der Waals surface area contributed by atoms with Crippen molar-refractivity contribution in [3.63, 3.8) is 0 Å². The third kappa shape index (κ3) is 3.37. The lowest BCUT2D eigenvalue weighted by molar-refractivity contribution is 0.385. The number of para-hydroxylation sites is 1. The summed E-state index contributed by atoms with van der Waals surface area (Å²) in [7, 11) is -2.60. The van der Waals surface area contributed by atoms with Gasteiger partial charge in [-0.1, -0.05) is 24.3 Å². The zero-order valence-corrected chi connectivity index (χ0v) is 13.8. The first kappa shape index (κ1) is 17.0. The predicted octanol–water partition coefficient (Wildman–Crippen LogP) is 3.52. The molecule has 0 spiro atoms. The maximum atomic E-state index is 13.9. The van der Waals surface area contributed by atoms with Gasteiger partial charge in [0.1, 0.15) is 0 Å². The molecule has 4 nitrogen and oxygen atoms in total. The molecule has 23 heavy (non-hydrogen) atoms. The number of hydrogen-bond acceptors (Lipinski definition) is 3. The molecular formula is C17H18FNO3S. The number of methoxy groups -OCH3 is 1. The molecule has 6 heteroatoms. The maximum absolute atomic E-state index is 13.9. The normalized spacial score (nSPS) is 11.1. The summed E-state index contributed by atoms with van der Waals surface area (Å²) in [5.41, 5.74) is 1.33. The molecular weight excluding hydrogens is 317 g/mol. The fraction of sp³-hybridized carbons (Fsp3) is 0.176. The first-order chi connectivity index (χ1) is 10.9. The van der Waals surface area contributed by atoms with Gasteiger partial charge < -0.3 is 4.74 Å². The predicted molar refractivity (Wildman–Crippen MR) is 88.9 cm³/mol. The highest BCUT2D eigenvalue weighted by Crippen LogP contribution is 2.28. The van der Waals surface area contributed by atoms with Crippen LogP contribution in [0.2, 0.25) is 0 Å². The number of sulfonamides is 1. The minimum Gasteiger partial charge on any atom is -0.494 e. The number of anilines is 1. The van der Waals surface area contributed by atoms with Gasteiger partial charge in [-0.15, -0.1) is 6.58 Å². The van der Waals surface area contributed by atoms with Gasteiger partial charge in [-0.05, 0) is 36.8 Å².